The second-order valence-electron chi connectivity index (χ2n) is 11.0. The molecule has 8 nitrogen and oxygen atoms in total. The van der Waals surface area contributed by atoms with Gasteiger partial charge in [-0.25, -0.2) is 8.42 Å². The lowest BCUT2D eigenvalue weighted by atomic mass is 10.0. The van der Waals surface area contributed by atoms with Gasteiger partial charge in [0, 0.05) is 19.5 Å². The monoisotopic (exact) mass is 627 g/mol. The van der Waals surface area contributed by atoms with Gasteiger partial charge in [0.15, 0.2) is 0 Å². The number of carbonyl (C=O) groups is 2. The van der Waals surface area contributed by atoms with Crippen molar-refractivity contribution < 1.29 is 22.7 Å². The summed E-state index contributed by atoms with van der Waals surface area (Å²) in [5.41, 5.74) is 3.05. The number of nitrogens with zero attached hydrogens (tertiary/aromatic N) is 2. The normalized spacial score (nSPS) is 11.8. The molecular formula is C36H41N3O5S. The van der Waals surface area contributed by atoms with Gasteiger partial charge < -0.3 is 15.0 Å². The van der Waals surface area contributed by atoms with Gasteiger partial charge in [-0.2, -0.15) is 0 Å². The number of sulfonamides is 1. The number of benzene rings is 4. The Hall–Kier alpha value is -4.63. The summed E-state index contributed by atoms with van der Waals surface area (Å²) in [4.78, 5) is 29.5. The van der Waals surface area contributed by atoms with E-state index in [0.717, 1.165) is 40.1 Å². The second kappa shape index (κ2) is 15.9. The van der Waals surface area contributed by atoms with Crippen molar-refractivity contribution in [2.75, 3.05) is 23.7 Å². The number of unbranched alkanes of at least 4 members (excludes halogenated alkanes) is 1. The first kappa shape index (κ1) is 33.3. The van der Waals surface area contributed by atoms with Gasteiger partial charge in [-0.1, -0.05) is 86.1 Å². The van der Waals surface area contributed by atoms with Crippen LogP contribution in [-0.2, 0) is 32.6 Å². The molecule has 1 N–H and O–H groups in total. The van der Waals surface area contributed by atoms with Gasteiger partial charge >= 0.3 is 0 Å². The van der Waals surface area contributed by atoms with Crippen molar-refractivity contribution in [1.82, 2.24) is 10.2 Å². The van der Waals surface area contributed by atoms with Crippen LogP contribution < -0.4 is 14.4 Å². The highest BCUT2D eigenvalue weighted by Crippen LogP contribution is 2.26. The molecular weight excluding hydrogens is 586 g/mol. The number of rotatable bonds is 15. The van der Waals surface area contributed by atoms with E-state index in [1.54, 1.807) is 24.3 Å². The minimum atomic E-state index is -3.88. The van der Waals surface area contributed by atoms with Gasteiger partial charge in [0.05, 0.1) is 11.9 Å². The molecule has 0 aliphatic rings. The highest BCUT2D eigenvalue weighted by molar-refractivity contribution is 7.92. The maximum atomic E-state index is 14.3. The average Bonchev–Trinajstić information content (AvgIpc) is 3.03. The zero-order valence-corrected chi connectivity index (χ0v) is 26.9. The summed E-state index contributed by atoms with van der Waals surface area (Å²) >= 11 is 0. The molecule has 236 valence electrons. The fourth-order valence-corrected chi connectivity index (χ4v) is 5.80. The Bertz CT molecular complexity index is 1650. The topological polar surface area (TPSA) is 96.0 Å². The first-order valence-corrected chi connectivity index (χ1v) is 17.0. The molecule has 0 bridgehead atoms. The van der Waals surface area contributed by atoms with Crippen LogP contribution in [0.4, 0.5) is 5.69 Å². The zero-order valence-electron chi connectivity index (χ0n) is 26.1. The standard InChI is InChI=1S/C36H41N3O5S/c1-4-5-24-37-36(41)34(25-29-15-8-6-9-16-29)38(26-30-17-13-12-14-28(30)2)35(40)27-39(45(3,42)43)31-20-22-33(23-21-31)44-32-18-10-7-11-19-32/h6-23,34H,4-5,24-27H2,1-3H3,(H,37,41)/t34-/m1/s1. The van der Waals surface area contributed by atoms with E-state index in [0.29, 0.717) is 23.7 Å². The summed E-state index contributed by atoms with van der Waals surface area (Å²) in [6.45, 7) is 4.15. The molecule has 0 radical (unpaired) electrons. The van der Waals surface area contributed by atoms with Crippen molar-refractivity contribution in [3.8, 4) is 11.5 Å². The van der Waals surface area contributed by atoms with Crippen molar-refractivity contribution in [2.45, 2.75) is 45.7 Å². The predicted molar refractivity (Wildman–Crippen MR) is 179 cm³/mol. The predicted octanol–water partition coefficient (Wildman–Crippen LogP) is 6.11. The third kappa shape index (κ3) is 9.68. The molecule has 0 saturated carbocycles. The lowest BCUT2D eigenvalue weighted by Crippen LogP contribution is -2.53. The molecule has 0 aromatic heterocycles. The number of anilines is 1. The van der Waals surface area contributed by atoms with Gasteiger partial charge in [-0.15, -0.1) is 0 Å². The largest absolute Gasteiger partial charge is 0.457 e. The summed E-state index contributed by atoms with van der Waals surface area (Å²) in [5.74, 6) is 0.411. The molecule has 0 aliphatic carbocycles. The van der Waals surface area contributed by atoms with Crippen LogP contribution in [0.15, 0.2) is 109 Å². The summed E-state index contributed by atoms with van der Waals surface area (Å²) in [5, 5.41) is 3.00. The van der Waals surface area contributed by atoms with Crippen LogP contribution >= 0.6 is 0 Å². The highest BCUT2D eigenvalue weighted by atomic mass is 32.2. The third-order valence-electron chi connectivity index (χ3n) is 7.49. The summed E-state index contributed by atoms with van der Waals surface area (Å²) in [7, 11) is -3.88. The fraction of sp³-hybridized carbons (Fsp3) is 0.278. The number of nitrogens with one attached hydrogen (secondary N) is 1. The minimum absolute atomic E-state index is 0.145. The fourth-order valence-electron chi connectivity index (χ4n) is 4.95. The van der Waals surface area contributed by atoms with Crippen LogP contribution in [0.25, 0.3) is 0 Å². The SMILES string of the molecule is CCCCNC(=O)[C@@H](Cc1ccccc1)N(Cc1ccccc1C)C(=O)CN(c1ccc(Oc2ccccc2)cc1)S(C)(=O)=O. The van der Waals surface area contributed by atoms with Crippen LogP contribution in [-0.4, -0.2) is 50.5 Å². The quantitative estimate of drug-likeness (QED) is 0.161. The molecule has 9 heteroatoms. The van der Waals surface area contributed by atoms with E-state index >= 15 is 0 Å². The lowest BCUT2D eigenvalue weighted by Gasteiger charge is -2.34. The Morgan fingerprint density at radius 1 is 0.822 bits per heavy atom. The Morgan fingerprint density at radius 2 is 1.42 bits per heavy atom. The van der Waals surface area contributed by atoms with Crippen molar-refractivity contribution in [2.24, 2.45) is 0 Å². The molecule has 0 unspecified atom stereocenters. The molecule has 0 spiro atoms. The Morgan fingerprint density at radius 3 is 2.04 bits per heavy atom. The van der Waals surface area contributed by atoms with Crippen LogP contribution in [0.5, 0.6) is 11.5 Å². The molecule has 2 amide bonds. The smallest absolute Gasteiger partial charge is 0.244 e. The molecule has 4 rings (SSSR count). The van der Waals surface area contributed by atoms with Gasteiger partial charge in [0.1, 0.15) is 24.1 Å². The Balaban J connectivity index is 1.67. The second-order valence-corrected chi connectivity index (χ2v) is 12.9. The molecule has 0 fully saturated rings. The van der Waals surface area contributed by atoms with Crippen LogP contribution in [0.3, 0.4) is 0 Å². The highest BCUT2D eigenvalue weighted by Gasteiger charge is 2.33. The first-order valence-electron chi connectivity index (χ1n) is 15.1. The maximum absolute atomic E-state index is 14.3. The van der Waals surface area contributed by atoms with E-state index in [-0.39, 0.29) is 18.9 Å². The van der Waals surface area contributed by atoms with Crippen molar-refractivity contribution >= 4 is 27.5 Å². The van der Waals surface area contributed by atoms with E-state index in [4.69, 9.17) is 4.74 Å². The number of aryl methyl sites for hydroxylation is 1. The van der Waals surface area contributed by atoms with Crippen LogP contribution in [0, 0.1) is 6.92 Å². The van der Waals surface area contributed by atoms with Gasteiger partial charge in [-0.05, 0) is 66.4 Å². The van der Waals surface area contributed by atoms with Crippen molar-refractivity contribution in [1.29, 1.82) is 0 Å². The number of carbonyl (C=O) groups excluding carboxylic acids is 2. The lowest BCUT2D eigenvalue weighted by molar-refractivity contribution is -0.140. The Kier molecular flexibility index (Phi) is 11.8. The van der Waals surface area contributed by atoms with E-state index < -0.39 is 28.5 Å². The van der Waals surface area contributed by atoms with Gasteiger partial charge in [-0.3, -0.25) is 13.9 Å². The number of hydrogen-bond donors (Lipinski definition) is 1. The molecule has 4 aromatic rings. The Labute approximate surface area is 266 Å². The molecule has 4 aromatic carbocycles. The molecule has 0 saturated heterocycles. The minimum Gasteiger partial charge on any atom is -0.457 e. The summed E-state index contributed by atoms with van der Waals surface area (Å²) in [6, 6.07) is 32.1. The third-order valence-corrected chi connectivity index (χ3v) is 8.63. The number of amides is 2. The van der Waals surface area contributed by atoms with Gasteiger partial charge in [0.25, 0.3) is 0 Å². The van der Waals surface area contributed by atoms with Crippen molar-refractivity contribution in [3.63, 3.8) is 0 Å². The maximum Gasteiger partial charge on any atom is 0.244 e. The van der Waals surface area contributed by atoms with E-state index in [1.165, 1.54) is 4.90 Å². The summed E-state index contributed by atoms with van der Waals surface area (Å²) < 4.78 is 33.1. The number of para-hydroxylation sites is 1. The molecule has 0 heterocycles. The van der Waals surface area contributed by atoms with E-state index in [9.17, 15) is 18.0 Å². The van der Waals surface area contributed by atoms with Crippen molar-refractivity contribution in [3.05, 3.63) is 126 Å². The van der Waals surface area contributed by atoms with Crippen LogP contribution in [0.2, 0.25) is 0 Å². The molecule has 1 atom stereocenters. The van der Waals surface area contributed by atoms with E-state index in [2.05, 4.69) is 5.32 Å². The first-order chi connectivity index (χ1) is 21.7. The number of ether oxygens (including phenoxy) is 1. The molecule has 0 aliphatic heterocycles. The van der Waals surface area contributed by atoms with Crippen LogP contribution in [0.1, 0.15) is 36.5 Å². The average molecular weight is 628 g/mol. The molecule has 45 heavy (non-hydrogen) atoms. The summed E-state index contributed by atoms with van der Waals surface area (Å²) in [6.07, 6.45) is 3.06. The zero-order chi connectivity index (χ0) is 32.2. The number of hydrogen-bond acceptors (Lipinski definition) is 5. The van der Waals surface area contributed by atoms with E-state index in [1.807, 2.05) is 98.8 Å². The van der Waals surface area contributed by atoms with Gasteiger partial charge in [0.2, 0.25) is 21.8 Å².